The van der Waals surface area contributed by atoms with Gasteiger partial charge in [-0.05, 0) is 29.8 Å². The Morgan fingerprint density at radius 1 is 1.11 bits per heavy atom. The summed E-state index contributed by atoms with van der Waals surface area (Å²) >= 11 is 1.76. The number of thioether (sulfide) groups is 1. The number of ether oxygens (including phenoxy) is 1. The van der Waals surface area contributed by atoms with Gasteiger partial charge in [0.2, 0.25) is 0 Å². The first-order chi connectivity index (χ1) is 9.24. The number of nitrogens with two attached hydrogens (primary N) is 1. The quantitative estimate of drug-likeness (QED) is 0.823. The number of carbonyl (C=O) groups excluding carboxylic acids is 1. The van der Waals surface area contributed by atoms with Crippen LogP contribution in [0.5, 0.6) is 5.75 Å². The minimum absolute atomic E-state index is 0.0880. The van der Waals surface area contributed by atoms with Crippen molar-refractivity contribution in [3.05, 3.63) is 60.2 Å². The van der Waals surface area contributed by atoms with Crippen molar-refractivity contribution in [2.45, 2.75) is 10.6 Å². The highest BCUT2D eigenvalue weighted by molar-refractivity contribution is 7.98. The standard InChI is InChI=1S/C15H15NO2S/c16-15(17)10-18-13-6-4-5-12(9-13)11-19-14-7-2-1-3-8-14/h1-9H,10-11H2,(H2,16,17). The van der Waals surface area contributed by atoms with Crippen LogP contribution in [0.2, 0.25) is 0 Å². The van der Waals surface area contributed by atoms with E-state index in [0.29, 0.717) is 5.75 Å². The van der Waals surface area contributed by atoms with E-state index in [0.717, 1.165) is 11.3 Å². The molecule has 0 aliphatic rings. The molecule has 0 aromatic heterocycles. The van der Waals surface area contributed by atoms with Crippen molar-refractivity contribution in [3.63, 3.8) is 0 Å². The molecule has 1 amide bonds. The van der Waals surface area contributed by atoms with Gasteiger partial charge in [0.25, 0.3) is 5.91 Å². The molecule has 0 unspecified atom stereocenters. The molecule has 0 aliphatic heterocycles. The molecule has 3 nitrogen and oxygen atoms in total. The number of carbonyl (C=O) groups is 1. The summed E-state index contributed by atoms with van der Waals surface area (Å²) in [6.07, 6.45) is 0. The highest BCUT2D eigenvalue weighted by Crippen LogP contribution is 2.24. The fourth-order valence-corrected chi connectivity index (χ4v) is 2.43. The SMILES string of the molecule is NC(=O)COc1cccc(CSc2ccccc2)c1. The van der Waals surface area contributed by atoms with Crippen molar-refractivity contribution >= 4 is 17.7 Å². The maximum atomic E-state index is 10.7. The smallest absolute Gasteiger partial charge is 0.255 e. The number of primary amides is 1. The van der Waals surface area contributed by atoms with Gasteiger partial charge in [0.15, 0.2) is 6.61 Å². The van der Waals surface area contributed by atoms with Gasteiger partial charge in [-0.1, -0.05) is 30.3 Å². The molecule has 0 aliphatic carbocycles. The van der Waals surface area contributed by atoms with E-state index in [1.165, 1.54) is 4.90 Å². The van der Waals surface area contributed by atoms with E-state index >= 15 is 0 Å². The second-order valence-electron chi connectivity index (χ2n) is 4.00. The monoisotopic (exact) mass is 273 g/mol. The van der Waals surface area contributed by atoms with Crippen LogP contribution in [0.15, 0.2) is 59.5 Å². The number of hydrogen-bond acceptors (Lipinski definition) is 3. The zero-order valence-corrected chi connectivity index (χ0v) is 11.2. The van der Waals surface area contributed by atoms with Gasteiger partial charge in [0.1, 0.15) is 5.75 Å². The fourth-order valence-electron chi connectivity index (χ4n) is 1.56. The molecule has 0 saturated carbocycles. The van der Waals surface area contributed by atoms with Crippen LogP contribution in [-0.4, -0.2) is 12.5 Å². The Kier molecular flexibility index (Phi) is 4.86. The summed E-state index contributed by atoms with van der Waals surface area (Å²) in [7, 11) is 0. The minimum Gasteiger partial charge on any atom is -0.484 e. The minimum atomic E-state index is -0.468. The molecule has 0 fully saturated rings. The lowest BCUT2D eigenvalue weighted by Gasteiger charge is -2.06. The van der Waals surface area contributed by atoms with E-state index in [2.05, 4.69) is 12.1 Å². The van der Waals surface area contributed by atoms with Crippen molar-refractivity contribution in [2.75, 3.05) is 6.61 Å². The molecular formula is C15H15NO2S. The van der Waals surface area contributed by atoms with Crippen LogP contribution in [-0.2, 0) is 10.5 Å². The van der Waals surface area contributed by atoms with E-state index < -0.39 is 5.91 Å². The third-order valence-corrected chi connectivity index (χ3v) is 3.51. The van der Waals surface area contributed by atoms with Crippen LogP contribution in [0.3, 0.4) is 0 Å². The zero-order valence-electron chi connectivity index (χ0n) is 10.4. The Labute approximate surface area is 116 Å². The molecular weight excluding hydrogens is 258 g/mol. The zero-order chi connectivity index (χ0) is 13.5. The molecule has 0 spiro atoms. The molecule has 0 atom stereocenters. The van der Waals surface area contributed by atoms with Crippen LogP contribution in [0, 0.1) is 0 Å². The molecule has 2 rings (SSSR count). The Morgan fingerprint density at radius 2 is 1.89 bits per heavy atom. The Hall–Kier alpha value is -1.94. The molecule has 4 heteroatoms. The van der Waals surface area contributed by atoms with E-state index in [9.17, 15) is 4.79 Å². The first kappa shape index (κ1) is 13.5. The van der Waals surface area contributed by atoms with Crippen molar-refractivity contribution in [2.24, 2.45) is 5.73 Å². The number of amides is 1. The second kappa shape index (κ2) is 6.85. The molecule has 0 radical (unpaired) electrons. The third kappa shape index (κ3) is 4.67. The molecule has 0 saturated heterocycles. The Morgan fingerprint density at radius 3 is 2.63 bits per heavy atom. The van der Waals surface area contributed by atoms with Gasteiger partial charge < -0.3 is 10.5 Å². The van der Waals surface area contributed by atoms with Crippen LogP contribution in [0.4, 0.5) is 0 Å². The van der Waals surface area contributed by atoms with Crippen LogP contribution < -0.4 is 10.5 Å². The van der Waals surface area contributed by atoms with Gasteiger partial charge in [0.05, 0.1) is 0 Å². The highest BCUT2D eigenvalue weighted by Gasteiger charge is 2.00. The fraction of sp³-hybridized carbons (Fsp3) is 0.133. The van der Waals surface area contributed by atoms with Gasteiger partial charge in [-0.15, -0.1) is 11.8 Å². The van der Waals surface area contributed by atoms with Gasteiger partial charge in [-0.3, -0.25) is 4.79 Å². The Balaban J connectivity index is 1.93. The number of rotatable bonds is 6. The average molecular weight is 273 g/mol. The lowest BCUT2D eigenvalue weighted by atomic mass is 10.2. The third-order valence-electron chi connectivity index (χ3n) is 2.43. The number of hydrogen-bond donors (Lipinski definition) is 1. The average Bonchev–Trinajstić information content (AvgIpc) is 2.44. The second-order valence-corrected chi connectivity index (χ2v) is 5.05. The first-order valence-corrected chi connectivity index (χ1v) is 6.90. The Bertz CT molecular complexity index is 543. The van der Waals surface area contributed by atoms with Crippen LogP contribution in [0.25, 0.3) is 0 Å². The van der Waals surface area contributed by atoms with E-state index in [1.54, 1.807) is 11.8 Å². The van der Waals surface area contributed by atoms with Crippen molar-refractivity contribution in [1.29, 1.82) is 0 Å². The topological polar surface area (TPSA) is 52.3 Å². The van der Waals surface area contributed by atoms with Crippen LogP contribution >= 0.6 is 11.8 Å². The number of benzene rings is 2. The summed E-state index contributed by atoms with van der Waals surface area (Å²) < 4.78 is 5.28. The summed E-state index contributed by atoms with van der Waals surface area (Å²) in [6.45, 7) is -0.0880. The largest absolute Gasteiger partial charge is 0.484 e. The molecule has 98 valence electrons. The van der Waals surface area contributed by atoms with Crippen molar-refractivity contribution in [1.82, 2.24) is 0 Å². The van der Waals surface area contributed by atoms with Gasteiger partial charge in [-0.25, -0.2) is 0 Å². The normalized spacial score (nSPS) is 10.1. The van der Waals surface area contributed by atoms with Crippen molar-refractivity contribution < 1.29 is 9.53 Å². The summed E-state index contributed by atoms with van der Waals surface area (Å²) in [4.78, 5) is 11.9. The summed E-state index contributed by atoms with van der Waals surface area (Å²) in [5.74, 6) is 1.06. The highest BCUT2D eigenvalue weighted by atomic mass is 32.2. The summed E-state index contributed by atoms with van der Waals surface area (Å²) in [5, 5.41) is 0. The molecule has 19 heavy (non-hydrogen) atoms. The van der Waals surface area contributed by atoms with E-state index in [4.69, 9.17) is 10.5 Å². The van der Waals surface area contributed by atoms with Gasteiger partial charge in [0, 0.05) is 10.6 Å². The predicted octanol–water partition coefficient (Wildman–Crippen LogP) is 2.84. The maximum Gasteiger partial charge on any atom is 0.255 e. The first-order valence-electron chi connectivity index (χ1n) is 5.92. The lowest BCUT2D eigenvalue weighted by molar-refractivity contribution is -0.119. The molecule has 2 aromatic rings. The van der Waals surface area contributed by atoms with E-state index in [-0.39, 0.29) is 6.61 Å². The van der Waals surface area contributed by atoms with E-state index in [1.807, 2.05) is 42.5 Å². The molecule has 2 aromatic carbocycles. The summed E-state index contributed by atoms with van der Waals surface area (Å²) in [6, 6.07) is 17.9. The molecule has 0 bridgehead atoms. The molecule has 0 heterocycles. The van der Waals surface area contributed by atoms with Crippen LogP contribution in [0.1, 0.15) is 5.56 Å². The summed E-state index contributed by atoms with van der Waals surface area (Å²) in [5.41, 5.74) is 6.19. The maximum absolute atomic E-state index is 10.7. The van der Waals surface area contributed by atoms with Gasteiger partial charge in [-0.2, -0.15) is 0 Å². The van der Waals surface area contributed by atoms with Gasteiger partial charge >= 0.3 is 0 Å². The molecule has 2 N–H and O–H groups in total. The lowest BCUT2D eigenvalue weighted by Crippen LogP contribution is -2.20. The predicted molar refractivity (Wildman–Crippen MR) is 77.1 cm³/mol. The van der Waals surface area contributed by atoms with Crippen molar-refractivity contribution in [3.8, 4) is 5.75 Å².